The average Bonchev–Trinajstić information content (AvgIpc) is 2.70. The van der Waals surface area contributed by atoms with Gasteiger partial charge >= 0.3 is 0 Å². The number of hydrogen-bond donors (Lipinski definition) is 1. The van der Waals surface area contributed by atoms with Crippen molar-refractivity contribution in [2.45, 2.75) is 6.42 Å². The fraction of sp³-hybridized carbons (Fsp3) is 0.136. The Balaban J connectivity index is 1.79. The van der Waals surface area contributed by atoms with E-state index in [-0.39, 0.29) is 5.41 Å². The van der Waals surface area contributed by atoms with E-state index >= 15 is 0 Å². The van der Waals surface area contributed by atoms with Crippen LogP contribution in [0.15, 0.2) is 95.8 Å². The van der Waals surface area contributed by atoms with Crippen LogP contribution in [-0.4, -0.2) is 12.8 Å². The van der Waals surface area contributed by atoms with Gasteiger partial charge in [0.25, 0.3) is 0 Å². The van der Waals surface area contributed by atoms with E-state index in [0.29, 0.717) is 0 Å². The maximum absolute atomic E-state index is 5.38. The predicted octanol–water partition coefficient (Wildman–Crippen LogP) is 4.51. The van der Waals surface area contributed by atoms with Crippen molar-refractivity contribution in [3.63, 3.8) is 0 Å². The van der Waals surface area contributed by atoms with Crippen LogP contribution in [0.3, 0.4) is 0 Å². The van der Waals surface area contributed by atoms with Crippen LogP contribution in [0.2, 0.25) is 0 Å². The van der Waals surface area contributed by atoms with Gasteiger partial charge in [-0.1, -0.05) is 66.7 Å². The number of ether oxygens (including phenoxy) is 1. The lowest BCUT2D eigenvalue weighted by molar-refractivity contribution is 0.301. The third-order valence-electron chi connectivity index (χ3n) is 4.68. The number of nitrogens with zero attached hydrogens (tertiary/aromatic N) is 1. The highest BCUT2D eigenvalue weighted by atomic mass is 16.5. The fourth-order valence-corrected chi connectivity index (χ4v) is 3.34. The zero-order valence-electron chi connectivity index (χ0n) is 14.1. The van der Waals surface area contributed by atoms with Crippen LogP contribution in [-0.2, 0) is 4.74 Å². The molecule has 0 bridgehead atoms. The number of nitrogens with one attached hydrogen (secondary N) is 1. The molecule has 25 heavy (non-hydrogen) atoms. The lowest BCUT2D eigenvalue weighted by Crippen LogP contribution is -2.35. The number of rotatable bonds is 3. The molecule has 0 unspecified atom stereocenters. The van der Waals surface area contributed by atoms with Crippen LogP contribution in [0, 0.1) is 5.41 Å². The van der Waals surface area contributed by atoms with Gasteiger partial charge in [-0.05, 0) is 35.8 Å². The molecule has 3 nitrogen and oxygen atoms in total. The van der Waals surface area contributed by atoms with Gasteiger partial charge in [-0.15, -0.1) is 0 Å². The molecule has 1 aliphatic heterocycles. The molecular formula is C22H20N2O. The molecule has 1 heterocycles. The molecule has 3 heteroatoms. The minimum absolute atomic E-state index is 0.278. The van der Waals surface area contributed by atoms with Gasteiger partial charge in [0.1, 0.15) is 5.76 Å². The molecule has 1 N–H and O–H groups in total. The zero-order valence-corrected chi connectivity index (χ0v) is 14.1. The number of methoxy groups -OCH3 is 1. The number of hydrogen-bond acceptors (Lipinski definition) is 3. The highest BCUT2D eigenvalue weighted by Gasteiger charge is 2.36. The fourth-order valence-electron chi connectivity index (χ4n) is 3.34. The van der Waals surface area contributed by atoms with Crippen LogP contribution in [0.25, 0.3) is 5.70 Å². The second kappa shape index (κ2) is 6.44. The third kappa shape index (κ3) is 2.89. The summed E-state index contributed by atoms with van der Waals surface area (Å²) in [6, 6.07) is 20.6. The molecule has 4 rings (SSSR count). The van der Waals surface area contributed by atoms with Gasteiger partial charge in [-0.3, -0.25) is 5.43 Å². The third-order valence-corrected chi connectivity index (χ3v) is 4.68. The van der Waals surface area contributed by atoms with Gasteiger partial charge < -0.3 is 4.74 Å². The first-order valence-electron chi connectivity index (χ1n) is 8.42. The first-order chi connectivity index (χ1) is 12.3. The summed E-state index contributed by atoms with van der Waals surface area (Å²) in [6.07, 6.45) is 9.45. The maximum Gasteiger partial charge on any atom is 0.114 e. The molecule has 0 saturated carbocycles. The Bertz CT molecular complexity index is 879. The summed E-state index contributed by atoms with van der Waals surface area (Å²) in [5.41, 5.74) is 7.27. The Kier molecular flexibility index (Phi) is 3.98. The van der Waals surface area contributed by atoms with Gasteiger partial charge in [0, 0.05) is 0 Å². The average molecular weight is 328 g/mol. The quantitative estimate of drug-likeness (QED) is 0.899. The van der Waals surface area contributed by atoms with E-state index in [4.69, 9.17) is 9.84 Å². The molecule has 1 spiro atoms. The Morgan fingerprint density at radius 3 is 2.24 bits per heavy atom. The molecular weight excluding hydrogens is 308 g/mol. The van der Waals surface area contributed by atoms with Gasteiger partial charge in [0.15, 0.2) is 0 Å². The number of hydrazone groups is 1. The highest BCUT2D eigenvalue weighted by Crippen LogP contribution is 2.39. The standard InChI is InChI=1S/C22H20N2O/c1-25-19-12-14-22(15-13-19)16-20(17-8-4-2-5-9-17)23-24-21(22)18-10-6-3-7-11-18/h2-14,16,23H,15H2,1H3/t22-/m0/s1. The monoisotopic (exact) mass is 328 g/mol. The van der Waals surface area contributed by atoms with Gasteiger partial charge in [0.2, 0.25) is 0 Å². The predicted molar refractivity (Wildman–Crippen MR) is 102 cm³/mol. The summed E-state index contributed by atoms with van der Waals surface area (Å²) >= 11 is 0. The minimum atomic E-state index is -0.278. The van der Waals surface area contributed by atoms with Crippen LogP contribution in [0.4, 0.5) is 0 Å². The van der Waals surface area contributed by atoms with E-state index in [1.54, 1.807) is 7.11 Å². The molecule has 0 saturated heterocycles. The largest absolute Gasteiger partial charge is 0.497 e. The molecule has 0 fully saturated rings. The van der Waals surface area contributed by atoms with E-state index in [1.165, 1.54) is 0 Å². The summed E-state index contributed by atoms with van der Waals surface area (Å²) in [7, 11) is 1.70. The normalized spacial score (nSPS) is 21.9. The van der Waals surface area contributed by atoms with E-state index in [0.717, 1.165) is 34.7 Å². The van der Waals surface area contributed by atoms with Crippen molar-refractivity contribution in [2.24, 2.45) is 10.5 Å². The molecule has 2 aliphatic rings. The van der Waals surface area contributed by atoms with Crippen molar-refractivity contribution in [1.29, 1.82) is 0 Å². The first-order valence-corrected chi connectivity index (χ1v) is 8.42. The lowest BCUT2D eigenvalue weighted by Gasteiger charge is -2.34. The second-order valence-electron chi connectivity index (χ2n) is 6.25. The van der Waals surface area contributed by atoms with Gasteiger partial charge in [-0.2, -0.15) is 5.10 Å². The van der Waals surface area contributed by atoms with Crippen molar-refractivity contribution < 1.29 is 4.74 Å². The van der Waals surface area contributed by atoms with Gasteiger partial charge in [-0.25, -0.2) is 0 Å². The molecule has 0 radical (unpaired) electrons. The van der Waals surface area contributed by atoms with Crippen molar-refractivity contribution in [3.05, 3.63) is 102 Å². The van der Waals surface area contributed by atoms with Crippen LogP contribution in [0.5, 0.6) is 0 Å². The Hall–Kier alpha value is -3.07. The molecule has 1 aliphatic carbocycles. The Morgan fingerprint density at radius 2 is 1.64 bits per heavy atom. The number of allylic oxidation sites excluding steroid dienone is 4. The summed E-state index contributed by atoms with van der Waals surface area (Å²) in [5.74, 6) is 0.895. The topological polar surface area (TPSA) is 33.6 Å². The Labute approximate surface area is 148 Å². The molecule has 1 atom stereocenters. The maximum atomic E-state index is 5.38. The molecule has 2 aromatic rings. The van der Waals surface area contributed by atoms with Crippen molar-refractivity contribution in [1.82, 2.24) is 5.43 Å². The van der Waals surface area contributed by atoms with E-state index in [1.807, 2.05) is 42.5 Å². The Morgan fingerprint density at radius 1 is 0.960 bits per heavy atom. The lowest BCUT2D eigenvalue weighted by atomic mass is 9.73. The molecule has 2 aromatic carbocycles. The molecule has 124 valence electrons. The van der Waals surface area contributed by atoms with Crippen LogP contribution < -0.4 is 5.43 Å². The van der Waals surface area contributed by atoms with Crippen molar-refractivity contribution >= 4 is 11.4 Å². The first kappa shape index (κ1) is 15.5. The second-order valence-corrected chi connectivity index (χ2v) is 6.25. The van der Waals surface area contributed by atoms with Crippen LogP contribution in [0.1, 0.15) is 17.5 Å². The van der Waals surface area contributed by atoms with E-state index < -0.39 is 0 Å². The van der Waals surface area contributed by atoms with E-state index in [9.17, 15) is 0 Å². The summed E-state index contributed by atoms with van der Waals surface area (Å²) in [6.45, 7) is 0. The summed E-state index contributed by atoms with van der Waals surface area (Å²) in [5, 5.41) is 4.76. The molecule has 0 amide bonds. The summed E-state index contributed by atoms with van der Waals surface area (Å²) < 4.78 is 5.38. The van der Waals surface area contributed by atoms with Crippen molar-refractivity contribution in [3.8, 4) is 0 Å². The molecule has 0 aromatic heterocycles. The van der Waals surface area contributed by atoms with Crippen molar-refractivity contribution in [2.75, 3.05) is 7.11 Å². The van der Waals surface area contributed by atoms with Gasteiger partial charge in [0.05, 0.1) is 23.9 Å². The summed E-state index contributed by atoms with van der Waals surface area (Å²) in [4.78, 5) is 0. The van der Waals surface area contributed by atoms with E-state index in [2.05, 4.69) is 47.9 Å². The minimum Gasteiger partial charge on any atom is -0.497 e. The zero-order chi connectivity index (χ0) is 17.1. The number of benzene rings is 2. The van der Waals surface area contributed by atoms with Crippen LogP contribution >= 0.6 is 0 Å². The SMILES string of the molecule is COC1=CC[C@@]2(C=C1)C=C(c1ccccc1)NN=C2c1ccccc1. The highest BCUT2D eigenvalue weighted by molar-refractivity contribution is 6.09. The smallest absolute Gasteiger partial charge is 0.114 e.